The van der Waals surface area contributed by atoms with Gasteiger partial charge in [0.25, 0.3) is 0 Å². The number of benzene rings is 1. The van der Waals surface area contributed by atoms with E-state index >= 15 is 0 Å². The third-order valence-electron chi connectivity index (χ3n) is 5.37. The smallest absolute Gasteiger partial charge is 0.243 e. The lowest BCUT2D eigenvalue weighted by molar-refractivity contribution is -0.113. The van der Waals surface area contributed by atoms with Gasteiger partial charge in [-0.1, -0.05) is 6.07 Å². The standard InChI is InChI=1S/C16H22FNO3S/c1-12-3-4-13(11-14(12)17)22(19,20)18-9-7-16(8-10-18)6-5-15(16)21-2/h3-4,11,15H,5-10H2,1-2H3. The SMILES string of the molecule is COC1CCC12CCN(S(=O)(=O)c1ccc(C)c(F)c1)CC2. The quantitative estimate of drug-likeness (QED) is 0.857. The van der Waals surface area contributed by atoms with Crippen LogP contribution < -0.4 is 0 Å². The zero-order valence-electron chi connectivity index (χ0n) is 13.0. The molecule has 1 aromatic rings. The molecule has 1 aliphatic heterocycles. The molecule has 3 rings (SSSR count). The number of aryl methyl sites for hydroxylation is 1. The Bertz CT molecular complexity index is 664. The molecule has 2 aliphatic rings. The molecule has 2 fully saturated rings. The number of hydrogen-bond donors (Lipinski definition) is 0. The van der Waals surface area contributed by atoms with E-state index in [2.05, 4.69) is 0 Å². The summed E-state index contributed by atoms with van der Waals surface area (Å²) in [7, 11) is -1.88. The van der Waals surface area contributed by atoms with Gasteiger partial charge >= 0.3 is 0 Å². The van der Waals surface area contributed by atoms with Crippen molar-refractivity contribution >= 4 is 10.0 Å². The van der Waals surface area contributed by atoms with Crippen LogP contribution in [0.5, 0.6) is 0 Å². The van der Waals surface area contributed by atoms with E-state index in [4.69, 9.17) is 4.74 Å². The number of ether oxygens (including phenoxy) is 1. The summed E-state index contributed by atoms with van der Waals surface area (Å²) in [6, 6.07) is 4.12. The van der Waals surface area contributed by atoms with Crippen LogP contribution in [0.1, 0.15) is 31.2 Å². The van der Waals surface area contributed by atoms with Crippen LogP contribution in [-0.4, -0.2) is 39.0 Å². The van der Waals surface area contributed by atoms with Gasteiger partial charge in [0.15, 0.2) is 0 Å². The molecule has 1 unspecified atom stereocenters. The average Bonchev–Trinajstić information content (AvgIpc) is 2.49. The minimum atomic E-state index is -3.61. The average molecular weight is 327 g/mol. The normalized spacial score (nSPS) is 25.1. The minimum Gasteiger partial charge on any atom is -0.381 e. The molecule has 1 atom stereocenters. The fourth-order valence-electron chi connectivity index (χ4n) is 3.67. The number of nitrogens with zero attached hydrogens (tertiary/aromatic N) is 1. The molecular weight excluding hydrogens is 305 g/mol. The van der Waals surface area contributed by atoms with E-state index in [1.165, 1.54) is 16.4 Å². The third kappa shape index (κ3) is 2.47. The summed E-state index contributed by atoms with van der Waals surface area (Å²) in [4.78, 5) is 0.0449. The largest absolute Gasteiger partial charge is 0.381 e. The van der Waals surface area contributed by atoms with Crippen LogP contribution in [0, 0.1) is 18.2 Å². The van der Waals surface area contributed by atoms with Crippen molar-refractivity contribution in [1.29, 1.82) is 0 Å². The second kappa shape index (κ2) is 5.58. The van der Waals surface area contributed by atoms with Gasteiger partial charge in [-0.15, -0.1) is 0 Å². The molecule has 0 amide bonds. The summed E-state index contributed by atoms with van der Waals surface area (Å²) in [5, 5.41) is 0. The number of rotatable bonds is 3. The van der Waals surface area contributed by atoms with E-state index in [1.54, 1.807) is 14.0 Å². The molecule has 6 heteroatoms. The minimum absolute atomic E-state index is 0.0449. The summed E-state index contributed by atoms with van der Waals surface area (Å²) in [5.74, 6) is -0.479. The highest BCUT2D eigenvalue weighted by Gasteiger charge is 2.49. The Labute approximate surface area is 131 Å². The first-order chi connectivity index (χ1) is 10.4. The molecule has 1 aromatic carbocycles. The topological polar surface area (TPSA) is 46.6 Å². The van der Waals surface area contributed by atoms with Crippen LogP contribution >= 0.6 is 0 Å². The van der Waals surface area contributed by atoms with Gasteiger partial charge in [0, 0.05) is 20.2 Å². The number of piperidine rings is 1. The fourth-order valence-corrected chi connectivity index (χ4v) is 5.12. The predicted octanol–water partition coefficient (Wildman–Crippen LogP) is 2.71. The Hall–Kier alpha value is -0.980. The fraction of sp³-hybridized carbons (Fsp3) is 0.625. The molecule has 1 saturated heterocycles. The maximum atomic E-state index is 13.7. The highest BCUT2D eigenvalue weighted by Crippen LogP contribution is 2.51. The van der Waals surface area contributed by atoms with Gasteiger partial charge in [-0.2, -0.15) is 4.31 Å². The Morgan fingerprint density at radius 3 is 2.45 bits per heavy atom. The first-order valence-corrected chi connectivity index (χ1v) is 9.12. The second-order valence-electron chi connectivity index (χ2n) is 6.44. The zero-order valence-corrected chi connectivity index (χ0v) is 13.8. The van der Waals surface area contributed by atoms with Crippen LogP contribution in [0.2, 0.25) is 0 Å². The van der Waals surface area contributed by atoms with Crippen molar-refractivity contribution in [2.24, 2.45) is 5.41 Å². The first-order valence-electron chi connectivity index (χ1n) is 7.68. The van der Waals surface area contributed by atoms with Crippen LogP contribution in [0.15, 0.2) is 23.1 Å². The Morgan fingerprint density at radius 1 is 1.27 bits per heavy atom. The summed E-state index contributed by atoms with van der Waals surface area (Å²) in [5.41, 5.74) is 0.605. The molecule has 122 valence electrons. The number of hydrogen-bond acceptors (Lipinski definition) is 3. The Balaban J connectivity index is 1.76. The lowest BCUT2D eigenvalue weighted by Gasteiger charge is -2.52. The number of methoxy groups -OCH3 is 1. The maximum Gasteiger partial charge on any atom is 0.243 e. The maximum absolute atomic E-state index is 13.7. The third-order valence-corrected chi connectivity index (χ3v) is 7.27. The lowest BCUT2D eigenvalue weighted by atomic mass is 9.61. The molecule has 4 nitrogen and oxygen atoms in total. The van der Waals surface area contributed by atoms with Crippen LogP contribution in [0.4, 0.5) is 4.39 Å². The van der Waals surface area contributed by atoms with Crippen molar-refractivity contribution in [3.05, 3.63) is 29.6 Å². The van der Waals surface area contributed by atoms with E-state index in [1.807, 2.05) is 0 Å². The number of sulfonamides is 1. The van der Waals surface area contributed by atoms with Gasteiger partial charge in [0.05, 0.1) is 11.0 Å². The van der Waals surface area contributed by atoms with Crippen molar-refractivity contribution < 1.29 is 17.5 Å². The highest BCUT2D eigenvalue weighted by molar-refractivity contribution is 7.89. The molecule has 0 radical (unpaired) electrons. The van der Waals surface area contributed by atoms with Crippen molar-refractivity contribution in [3.8, 4) is 0 Å². The molecule has 1 spiro atoms. The first kappa shape index (κ1) is 15.9. The van der Waals surface area contributed by atoms with Gasteiger partial charge in [-0.25, -0.2) is 12.8 Å². The van der Waals surface area contributed by atoms with Gasteiger partial charge in [0.1, 0.15) is 5.82 Å². The van der Waals surface area contributed by atoms with Crippen molar-refractivity contribution in [3.63, 3.8) is 0 Å². The summed E-state index contributed by atoms with van der Waals surface area (Å²) in [6.07, 6.45) is 4.07. The second-order valence-corrected chi connectivity index (χ2v) is 8.38. The lowest BCUT2D eigenvalue weighted by Crippen LogP contribution is -2.53. The zero-order chi connectivity index (χ0) is 16.0. The van der Waals surface area contributed by atoms with Gasteiger partial charge in [-0.05, 0) is 55.7 Å². The predicted molar refractivity (Wildman–Crippen MR) is 81.6 cm³/mol. The van der Waals surface area contributed by atoms with Crippen LogP contribution in [0.25, 0.3) is 0 Å². The summed E-state index contributed by atoms with van der Waals surface area (Å²) >= 11 is 0. The summed E-state index contributed by atoms with van der Waals surface area (Å²) in [6.45, 7) is 2.59. The van der Waals surface area contributed by atoms with E-state index in [0.29, 0.717) is 18.7 Å². The van der Waals surface area contributed by atoms with E-state index in [9.17, 15) is 12.8 Å². The molecule has 22 heavy (non-hydrogen) atoms. The Kier molecular flexibility index (Phi) is 4.03. The van der Waals surface area contributed by atoms with Crippen LogP contribution in [-0.2, 0) is 14.8 Å². The summed E-state index contributed by atoms with van der Waals surface area (Å²) < 4.78 is 45.9. The monoisotopic (exact) mass is 327 g/mol. The molecular formula is C16H22FNO3S. The van der Waals surface area contributed by atoms with Gasteiger partial charge in [0.2, 0.25) is 10.0 Å². The van der Waals surface area contributed by atoms with Crippen molar-refractivity contribution in [2.75, 3.05) is 20.2 Å². The van der Waals surface area contributed by atoms with Crippen molar-refractivity contribution in [1.82, 2.24) is 4.31 Å². The van der Waals surface area contributed by atoms with E-state index in [-0.39, 0.29) is 16.4 Å². The molecule has 0 N–H and O–H groups in total. The van der Waals surface area contributed by atoms with E-state index in [0.717, 1.165) is 31.7 Å². The molecule has 0 bridgehead atoms. The molecule has 1 aliphatic carbocycles. The Morgan fingerprint density at radius 2 is 1.95 bits per heavy atom. The van der Waals surface area contributed by atoms with E-state index < -0.39 is 15.8 Å². The van der Waals surface area contributed by atoms with Gasteiger partial charge in [-0.3, -0.25) is 0 Å². The van der Waals surface area contributed by atoms with Crippen LogP contribution in [0.3, 0.4) is 0 Å². The van der Waals surface area contributed by atoms with Gasteiger partial charge < -0.3 is 4.74 Å². The highest BCUT2D eigenvalue weighted by atomic mass is 32.2. The van der Waals surface area contributed by atoms with Crippen molar-refractivity contribution in [2.45, 2.75) is 43.6 Å². The molecule has 1 saturated carbocycles. The molecule has 1 heterocycles. The number of halogens is 1. The molecule has 0 aromatic heterocycles.